The number of halogens is 1. The van der Waals surface area contributed by atoms with Crippen LogP contribution in [0.4, 0.5) is 0 Å². The topological polar surface area (TPSA) is 94.5 Å². The standard InChI is InChI=1S/C12H10BrN5O/c13-9-3-1-8(2-4-9)12-16-10(17-18-12)7-15-11(19)5-6-14/h1-4H,5,7H2,(H,15,19)(H,16,17,18). The molecule has 19 heavy (non-hydrogen) atoms. The molecule has 7 heteroatoms. The first kappa shape index (κ1) is 13.2. The highest BCUT2D eigenvalue weighted by Gasteiger charge is 2.07. The molecule has 0 saturated heterocycles. The zero-order chi connectivity index (χ0) is 13.7. The van der Waals surface area contributed by atoms with Crippen molar-refractivity contribution >= 4 is 21.8 Å². The molecule has 0 bridgehead atoms. The van der Waals surface area contributed by atoms with Crippen LogP contribution in [0.2, 0.25) is 0 Å². The van der Waals surface area contributed by atoms with E-state index in [0.29, 0.717) is 11.6 Å². The molecule has 0 fully saturated rings. The summed E-state index contributed by atoms with van der Waals surface area (Å²) in [7, 11) is 0. The van der Waals surface area contributed by atoms with Crippen LogP contribution in [0, 0.1) is 11.3 Å². The van der Waals surface area contributed by atoms with Crippen LogP contribution in [0.25, 0.3) is 11.4 Å². The molecule has 0 aliphatic rings. The second-order valence-corrected chi connectivity index (χ2v) is 4.64. The van der Waals surface area contributed by atoms with E-state index in [4.69, 9.17) is 5.26 Å². The molecular formula is C12H10BrN5O. The Hall–Kier alpha value is -2.20. The lowest BCUT2D eigenvalue weighted by Gasteiger charge is -1.97. The Kier molecular flexibility index (Phi) is 4.26. The summed E-state index contributed by atoms with van der Waals surface area (Å²) in [5.41, 5.74) is 0.883. The quantitative estimate of drug-likeness (QED) is 0.897. The third kappa shape index (κ3) is 3.63. The summed E-state index contributed by atoms with van der Waals surface area (Å²) >= 11 is 3.36. The van der Waals surface area contributed by atoms with Gasteiger partial charge in [0.25, 0.3) is 0 Å². The Morgan fingerprint density at radius 3 is 2.84 bits per heavy atom. The van der Waals surface area contributed by atoms with Crippen LogP contribution in [0.1, 0.15) is 12.2 Å². The predicted octanol–water partition coefficient (Wildman–Crippen LogP) is 1.76. The van der Waals surface area contributed by atoms with Crippen LogP contribution in [0.3, 0.4) is 0 Å². The first-order valence-corrected chi connectivity index (χ1v) is 6.29. The maximum atomic E-state index is 11.1. The number of hydrogen-bond donors (Lipinski definition) is 2. The van der Waals surface area contributed by atoms with Gasteiger partial charge >= 0.3 is 0 Å². The van der Waals surface area contributed by atoms with E-state index in [0.717, 1.165) is 10.0 Å². The Balaban J connectivity index is 2.01. The van der Waals surface area contributed by atoms with Crippen LogP contribution < -0.4 is 5.32 Å². The molecule has 0 radical (unpaired) electrons. The van der Waals surface area contributed by atoms with E-state index < -0.39 is 0 Å². The molecule has 0 atom stereocenters. The fourth-order valence-corrected chi connectivity index (χ4v) is 1.68. The van der Waals surface area contributed by atoms with Gasteiger partial charge in [-0.25, -0.2) is 4.98 Å². The average Bonchev–Trinajstić information content (AvgIpc) is 2.86. The van der Waals surface area contributed by atoms with Crippen LogP contribution in [-0.4, -0.2) is 21.1 Å². The lowest BCUT2D eigenvalue weighted by Crippen LogP contribution is -2.22. The molecule has 1 heterocycles. The second kappa shape index (κ2) is 6.11. The van der Waals surface area contributed by atoms with Crippen molar-refractivity contribution in [3.8, 4) is 17.5 Å². The van der Waals surface area contributed by atoms with E-state index in [1.165, 1.54) is 0 Å². The van der Waals surface area contributed by atoms with E-state index in [-0.39, 0.29) is 18.9 Å². The number of carbonyl (C=O) groups is 1. The van der Waals surface area contributed by atoms with Crippen LogP contribution in [0.15, 0.2) is 28.7 Å². The normalized spacial score (nSPS) is 9.89. The zero-order valence-corrected chi connectivity index (χ0v) is 11.4. The van der Waals surface area contributed by atoms with Crippen molar-refractivity contribution in [3.05, 3.63) is 34.6 Å². The van der Waals surface area contributed by atoms with Gasteiger partial charge in [0.2, 0.25) is 5.91 Å². The summed E-state index contributed by atoms with van der Waals surface area (Å²) in [6.45, 7) is 0.226. The third-order valence-electron chi connectivity index (χ3n) is 2.33. The maximum Gasteiger partial charge on any atom is 0.234 e. The molecule has 0 saturated carbocycles. The van der Waals surface area contributed by atoms with E-state index in [1.807, 2.05) is 24.3 Å². The molecule has 0 aliphatic heterocycles. The number of rotatable bonds is 4. The molecule has 6 nitrogen and oxygen atoms in total. The molecule has 96 valence electrons. The number of nitrogens with one attached hydrogen (secondary N) is 2. The molecule has 2 rings (SSSR count). The van der Waals surface area contributed by atoms with Crippen LogP contribution in [0.5, 0.6) is 0 Å². The SMILES string of the molecule is N#CCC(=O)NCc1nc(-c2ccc(Br)cc2)n[nH]1. The number of H-pyrrole nitrogens is 1. The second-order valence-electron chi connectivity index (χ2n) is 3.72. The smallest absolute Gasteiger partial charge is 0.234 e. The van der Waals surface area contributed by atoms with Gasteiger partial charge in [-0.1, -0.05) is 28.1 Å². The number of amides is 1. The minimum absolute atomic E-state index is 0.159. The number of nitrogens with zero attached hydrogens (tertiary/aromatic N) is 3. The lowest BCUT2D eigenvalue weighted by atomic mass is 10.2. The van der Waals surface area contributed by atoms with Gasteiger partial charge < -0.3 is 5.32 Å². The van der Waals surface area contributed by atoms with Gasteiger partial charge in [0, 0.05) is 10.0 Å². The Labute approximate surface area is 118 Å². The van der Waals surface area contributed by atoms with Crippen molar-refractivity contribution in [3.63, 3.8) is 0 Å². The summed E-state index contributed by atoms with van der Waals surface area (Å²) in [4.78, 5) is 15.4. The zero-order valence-electron chi connectivity index (χ0n) is 9.85. The van der Waals surface area contributed by atoms with Gasteiger partial charge in [0.1, 0.15) is 12.2 Å². The highest BCUT2D eigenvalue weighted by atomic mass is 79.9. The highest BCUT2D eigenvalue weighted by Crippen LogP contribution is 2.18. The number of carbonyl (C=O) groups excluding carboxylic acids is 1. The fourth-order valence-electron chi connectivity index (χ4n) is 1.42. The van der Waals surface area contributed by atoms with E-state index in [9.17, 15) is 4.79 Å². The first-order valence-electron chi connectivity index (χ1n) is 5.50. The Bertz CT molecular complexity index is 614. The maximum absolute atomic E-state index is 11.1. The number of hydrogen-bond acceptors (Lipinski definition) is 4. The fraction of sp³-hybridized carbons (Fsp3) is 0.167. The average molecular weight is 320 g/mol. The third-order valence-corrected chi connectivity index (χ3v) is 2.86. The van der Waals surface area contributed by atoms with Gasteiger partial charge in [0.05, 0.1) is 12.6 Å². The van der Waals surface area contributed by atoms with E-state index >= 15 is 0 Å². The molecule has 0 unspecified atom stereocenters. The molecule has 1 aromatic heterocycles. The predicted molar refractivity (Wildman–Crippen MR) is 71.6 cm³/mol. The van der Waals surface area contributed by atoms with Crippen molar-refractivity contribution in [1.82, 2.24) is 20.5 Å². The van der Waals surface area contributed by atoms with Crippen molar-refractivity contribution in [2.45, 2.75) is 13.0 Å². The first-order chi connectivity index (χ1) is 9.19. The summed E-state index contributed by atoms with van der Waals surface area (Å²) in [6.07, 6.45) is -0.159. The van der Waals surface area contributed by atoms with Crippen LogP contribution >= 0.6 is 15.9 Å². The molecule has 2 aromatic rings. The molecule has 2 N–H and O–H groups in total. The summed E-state index contributed by atoms with van der Waals surface area (Å²) in [5.74, 6) is 0.783. The molecule has 0 aliphatic carbocycles. The summed E-state index contributed by atoms with van der Waals surface area (Å²) in [6, 6.07) is 9.37. The van der Waals surface area contributed by atoms with Crippen LogP contribution in [-0.2, 0) is 11.3 Å². The van der Waals surface area contributed by atoms with Crippen molar-refractivity contribution in [2.24, 2.45) is 0 Å². The molecule has 1 aromatic carbocycles. The minimum atomic E-state index is -0.330. The van der Waals surface area contributed by atoms with Crippen molar-refractivity contribution < 1.29 is 4.79 Å². The van der Waals surface area contributed by atoms with Gasteiger partial charge in [-0.2, -0.15) is 10.4 Å². The van der Waals surface area contributed by atoms with Gasteiger partial charge in [0.15, 0.2) is 5.82 Å². The van der Waals surface area contributed by atoms with Crippen molar-refractivity contribution in [2.75, 3.05) is 0 Å². The number of aromatic amines is 1. The highest BCUT2D eigenvalue weighted by molar-refractivity contribution is 9.10. The van der Waals surface area contributed by atoms with E-state index in [1.54, 1.807) is 6.07 Å². The molecular weight excluding hydrogens is 310 g/mol. The van der Waals surface area contributed by atoms with Gasteiger partial charge in [-0.3, -0.25) is 9.89 Å². The van der Waals surface area contributed by atoms with Crippen molar-refractivity contribution in [1.29, 1.82) is 5.26 Å². The summed E-state index contributed by atoms with van der Waals surface area (Å²) < 4.78 is 0.982. The monoisotopic (exact) mass is 319 g/mol. The number of aromatic nitrogens is 3. The largest absolute Gasteiger partial charge is 0.348 e. The molecule has 0 spiro atoms. The van der Waals surface area contributed by atoms with Gasteiger partial charge in [-0.15, -0.1) is 0 Å². The number of nitriles is 1. The Morgan fingerprint density at radius 2 is 2.16 bits per heavy atom. The number of benzene rings is 1. The summed E-state index contributed by atoms with van der Waals surface area (Å²) in [5, 5.41) is 17.7. The van der Waals surface area contributed by atoms with Gasteiger partial charge in [-0.05, 0) is 12.1 Å². The van der Waals surface area contributed by atoms with E-state index in [2.05, 4.69) is 36.4 Å². The lowest BCUT2D eigenvalue weighted by molar-refractivity contribution is -0.120. The molecule has 1 amide bonds. The minimum Gasteiger partial charge on any atom is -0.348 e. The Morgan fingerprint density at radius 1 is 1.42 bits per heavy atom.